The molecule has 0 atom stereocenters. The van der Waals surface area contributed by atoms with Gasteiger partial charge in [0.25, 0.3) is 0 Å². The number of carboxylic acids is 1. The van der Waals surface area contributed by atoms with E-state index in [9.17, 15) is 14.7 Å². The molecule has 1 heterocycles. The van der Waals surface area contributed by atoms with Crippen LogP contribution >= 0.6 is 0 Å². The molecule has 0 aliphatic heterocycles. The van der Waals surface area contributed by atoms with Crippen LogP contribution in [0.5, 0.6) is 0 Å². The van der Waals surface area contributed by atoms with E-state index >= 15 is 0 Å². The van der Waals surface area contributed by atoms with Crippen LogP contribution in [-0.4, -0.2) is 16.9 Å². The monoisotopic (exact) mass is 172 g/mol. The van der Waals surface area contributed by atoms with Crippen molar-refractivity contribution in [1.82, 2.24) is 4.98 Å². The van der Waals surface area contributed by atoms with Crippen molar-refractivity contribution in [3.8, 4) is 0 Å². The van der Waals surface area contributed by atoms with Crippen molar-refractivity contribution >= 4 is 11.9 Å². The number of aromatic nitrogens is 1. The third-order valence-corrected chi connectivity index (χ3v) is 1.26. The van der Waals surface area contributed by atoms with Gasteiger partial charge in [-0.25, -0.2) is 0 Å². The molecule has 1 rings (SSSR count). The maximum atomic E-state index is 10.5. The van der Waals surface area contributed by atoms with Gasteiger partial charge in [-0.1, -0.05) is 0 Å². The molecular weight excluding hydrogens is 167 g/mol. The van der Waals surface area contributed by atoms with Crippen molar-refractivity contribution in [3.05, 3.63) is 29.6 Å². The van der Waals surface area contributed by atoms with Gasteiger partial charge in [0.1, 0.15) is 0 Å². The van der Waals surface area contributed by atoms with Gasteiger partial charge in [0.2, 0.25) is 5.91 Å². The normalized spacial score (nSPS) is 8.62. The summed E-state index contributed by atoms with van der Waals surface area (Å²) in [5, 5.41) is 10.2. The van der Waals surface area contributed by atoms with Gasteiger partial charge in [0.15, 0.2) is 0 Å². The van der Waals surface area contributed by atoms with E-state index in [0.717, 1.165) is 12.3 Å². The van der Waals surface area contributed by atoms with Gasteiger partial charge in [-0.15, -0.1) is 0 Å². The van der Waals surface area contributed by atoms with Crippen molar-refractivity contribution in [2.45, 2.75) is 0 Å². The first-order chi connectivity index (χ1) is 5.61. The number of pyridine rings is 1. The number of carbonyl (C=O) groups excluding carboxylic acids is 2. The maximum absolute atomic E-state index is 10.5. The Balaban J connectivity index is 0.00000144. The van der Waals surface area contributed by atoms with Crippen LogP contribution in [0.1, 0.15) is 20.8 Å². The molecule has 0 aliphatic carbocycles. The second-order valence-electron chi connectivity index (χ2n) is 2.08. The number of amides is 1. The Hall–Kier alpha value is -1.31. The summed E-state index contributed by atoms with van der Waals surface area (Å²) < 4.78 is 0. The number of nitrogens with two attached hydrogens (primary N) is 1. The Kier molecular flexibility index (Phi) is 4.18. The third kappa shape index (κ3) is 2.90. The Bertz CT molecular complexity index is 290. The first-order valence-corrected chi connectivity index (χ1v) is 3.08. The number of hydrogen-bond acceptors (Lipinski definition) is 4. The topological polar surface area (TPSA) is 96.1 Å². The van der Waals surface area contributed by atoms with Crippen LogP contribution in [0.15, 0.2) is 18.3 Å². The molecular formula is C7H5LiN2O3. The van der Waals surface area contributed by atoms with Crippen molar-refractivity contribution in [1.29, 1.82) is 0 Å². The smallest absolute Gasteiger partial charge is 0.543 e. The molecule has 62 valence electrons. The number of aromatic carboxylic acids is 1. The second kappa shape index (κ2) is 4.65. The first kappa shape index (κ1) is 11.7. The predicted octanol–water partition coefficient (Wildman–Crippen LogP) is -4.45. The van der Waals surface area contributed by atoms with Gasteiger partial charge >= 0.3 is 18.9 Å². The second-order valence-corrected chi connectivity index (χ2v) is 2.08. The minimum absolute atomic E-state index is 0. The zero-order valence-electron chi connectivity index (χ0n) is 6.98. The molecule has 0 spiro atoms. The average molecular weight is 172 g/mol. The molecule has 2 N–H and O–H groups in total. The van der Waals surface area contributed by atoms with Gasteiger partial charge in [-0.3, -0.25) is 9.78 Å². The summed E-state index contributed by atoms with van der Waals surface area (Å²) in [7, 11) is 0. The number of carbonyl (C=O) groups is 2. The van der Waals surface area contributed by atoms with E-state index in [1.165, 1.54) is 6.07 Å². The molecule has 0 radical (unpaired) electrons. The third-order valence-electron chi connectivity index (χ3n) is 1.26. The fourth-order valence-electron chi connectivity index (χ4n) is 0.660. The van der Waals surface area contributed by atoms with Crippen LogP contribution in [0.4, 0.5) is 0 Å². The molecule has 0 bridgehead atoms. The molecule has 0 unspecified atom stereocenters. The molecule has 6 heteroatoms. The van der Waals surface area contributed by atoms with Crippen LogP contribution in [-0.2, 0) is 0 Å². The van der Waals surface area contributed by atoms with E-state index in [2.05, 4.69) is 4.98 Å². The zero-order valence-corrected chi connectivity index (χ0v) is 6.98. The van der Waals surface area contributed by atoms with E-state index < -0.39 is 11.9 Å². The van der Waals surface area contributed by atoms with Crippen molar-refractivity contribution in [2.75, 3.05) is 0 Å². The van der Waals surface area contributed by atoms with Crippen LogP contribution in [0.25, 0.3) is 0 Å². The SMILES string of the molecule is NC(=O)c1ccc(C(=O)[O-])nc1.[Li+]. The Morgan fingerprint density at radius 3 is 2.31 bits per heavy atom. The first-order valence-electron chi connectivity index (χ1n) is 3.08. The Labute approximate surface area is 86.1 Å². The van der Waals surface area contributed by atoms with Crippen LogP contribution in [0, 0.1) is 0 Å². The number of carboxylic acid groups (broad SMARTS) is 1. The number of rotatable bonds is 2. The number of hydrogen-bond donors (Lipinski definition) is 1. The molecule has 0 aromatic carbocycles. The number of nitrogens with zero attached hydrogens (tertiary/aromatic N) is 1. The summed E-state index contributed by atoms with van der Waals surface area (Å²) in [6, 6.07) is 2.44. The molecule has 0 fully saturated rings. The fraction of sp³-hybridized carbons (Fsp3) is 0. The average Bonchev–Trinajstić information content (AvgIpc) is 2.04. The van der Waals surface area contributed by atoms with Gasteiger partial charge in [0, 0.05) is 6.20 Å². The molecule has 0 aliphatic rings. The molecule has 0 saturated carbocycles. The largest absolute Gasteiger partial charge is 1.00 e. The van der Waals surface area contributed by atoms with Gasteiger partial charge in [-0.2, -0.15) is 0 Å². The molecule has 0 saturated heterocycles. The minimum atomic E-state index is -1.38. The maximum Gasteiger partial charge on any atom is 1.00 e. The summed E-state index contributed by atoms with van der Waals surface area (Å²) >= 11 is 0. The van der Waals surface area contributed by atoms with E-state index in [1.54, 1.807) is 0 Å². The van der Waals surface area contributed by atoms with Gasteiger partial charge < -0.3 is 15.6 Å². The summed E-state index contributed by atoms with van der Waals surface area (Å²) in [6.45, 7) is 0. The molecule has 5 nitrogen and oxygen atoms in total. The van der Waals surface area contributed by atoms with Crippen LogP contribution in [0.3, 0.4) is 0 Å². The summed E-state index contributed by atoms with van der Waals surface area (Å²) in [5.74, 6) is -2.03. The summed E-state index contributed by atoms with van der Waals surface area (Å²) in [5.41, 5.74) is 4.84. The standard InChI is InChI=1S/C7H6N2O3.Li/c8-6(10)4-1-2-5(7(11)12)9-3-4;/h1-3H,(H2,8,10)(H,11,12);/q;+1/p-1. The van der Waals surface area contributed by atoms with E-state index in [-0.39, 0.29) is 30.1 Å². The number of primary amides is 1. The fourth-order valence-corrected chi connectivity index (χ4v) is 0.660. The molecule has 1 amide bonds. The van der Waals surface area contributed by atoms with E-state index in [1.807, 2.05) is 0 Å². The molecule has 1 aromatic heterocycles. The molecule has 13 heavy (non-hydrogen) atoms. The summed E-state index contributed by atoms with van der Waals surface area (Å²) in [6.07, 6.45) is 1.09. The minimum Gasteiger partial charge on any atom is -0.543 e. The van der Waals surface area contributed by atoms with Gasteiger partial charge in [0.05, 0.1) is 17.2 Å². The zero-order chi connectivity index (χ0) is 9.14. The summed E-state index contributed by atoms with van der Waals surface area (Å²) in [4.78, 5) is 24.1. The Morgan fingerprint density at radius 2 is 2.00 bits per heavy atom. The quantitative estimate of drug-likeness (QED) is 0.455. The van der Waals surface area contributed by atoms with Crippen molar-refractivity contribution < 1.29 is 33.6 Å². The van der Waals surface area contributed by atoms with Crippen LogP contribution in [0.2, 0.25) is 0 Å². The van der Waals surface area contributed by atoms with Crippen molar-refractivity contribution in [2.24, 2.45) is 5.73 Å². The molecule has 1 aromatic rings. The van der Waals surface area contributed by atoms with Crippen molar-refractivity contribution in [3.63, 3.8) is 0 Å². The van der Waals surface area contributed by atoms with Crippen LogP contribution < -0.4 is 29.7 Å². The van der Waals surface area contributed by atoms with E-state index in [0.29, 0.717) is 0 Å². The Morgan fingerprint density at radius 1 is 1.38 bits per heavy atom. The van der Waals surface area contributed by atoms with E-state index in [4.69, 9.17) is 5.73 Å². The van der Waals surface area contributed by atoms with Gasteiger partial charge in [-0.05, 0) is 12.1 Å². The predicted molar refractivity (Wildman–Crippen MR) is 37.1 cm³/mol.